The summed E-state index contributed by atoms with van der Waals surface area (Å²) in [4.78, 5) is 15.2. The van der Waals surface area contributed by atoms with Crippen LogP contribution in [0.5, 0.6) is 0 Å². The molecule has 1 aliphatic rings. The smallest absolute Gasteiger partial charge is 0.227 e. The van der Waals surface area contributed by atoms with Crippen molar-refractivity contribution in [1.29, 1.82) is 0 Å². The average molecular weight is 333 g/mol. The predicted octanol–water partition coefficient (Wildman–Crippen LogP) is 3.40. The van der Waals surface area contributed by atoms with E-state index in [1.807, 2.05) is 22.4 Å². The number of benzene rings is 1. The van der Waals surface area contributed by atoms with Crippen LogP contribution in [0.15, 0.2) is 41.8 Å². The predicted molar refractivity (Wildman–Crippen MR) is 88.7 cm³/mol. The Morgan fingerprint density at radius 3 is 2.57 bits per heavy atom. The number of amides is 1. The molecule has 3 rings (SSSR count). The molecule has 5 heteroatoms. The molecule has 0 aliphatic carbocycles. The molecule has 1 amide bonds. The fraction of sp³-hybridized carbons (Fsp3) is 0.389. The largest absolute Gasteiger partial charge is 0.388 e. The number of piperidine rings is 1. The molecule has 2 aromatic rings. The quantitative estimate of drug-likeness (QED) is 0.931. The van der Waals surface area contributed by atoms with Crippen molar-refractivity contribution in [3.8, 4) is 0 Å². The van der Waals surface area contributed by atoms with E-state index < -0.39 is 6.10 Å². The van der Waals surface area contributed by atoms with Crippen molar-refractivity contribution in [2.75, 3.05) is 13.1 Å². The normalized spacial score (nSPS) is 17.2. The average Bonchev–Trinajstić information content (AvgIpc) is 3.08. The number of aliphatic hydroxyl groups excluding tert-OH is 1. The Hall–Kier alpha value is -1.72. The van der Waals surface area contributed by atoms with Crippen LogP contribution in [0.3, 0.4) is 0 Å². The van der Waals surface area contributed by atoms with Crippen molar-refractivity contribution in [1.82, 2.24) is 4.90 Å². The summed E-state index contributed by atoms with van der Waals surface area (Å²) in [5.74, 6) is -0.0247. The van der Waals surface area contributed by atoms with Crippen LogP contribution in [-0.2, 0) is 11.2 Å². The molecule has 23 heavy (non-hydrogen) atoms. The standard InChI is InChI=1S/C18H20FNO2S/c19-15-5-3-13(4-6-15)18(22)14-7-9-20(10-8-14)17(21)12-16-2-1-11-23-16/h1-6,11,14,18,22H,7-10,12H2. The van der Waals surface area contributed by atoms with Gasteiger partial charge in [-0.1, -0.05) is 18.2 Å². The van der Waals surface area contributed by atoms with Gasteiger partial charge in [-0.25, -0.2) is 4.39 Å². The van der Waals surface area contributed by atoms with Gasteiger partial charge in [-0.3, -0.25) is 4.79 Å². The van der Waals surface area contributed by atoms with Crippen LogP contribution in [0.1, 0.15) is 29.4 Å². The Kier molecular flexibility index (Phi) is 5.08. The summed E-state index contributed by atoms with van der Waals surface area (Å²) >= 11 is 1.60. The first-order valence-corrected chi connectivity index (χ1v) is 8.75. The van der Waals surface area contributed by atoms with Crippen molar-refractivity contribution in [3.05, 3.63) is 58.0 Å². The van der Waals surface area contributed by atoms with E-state index in [0.29, 0.717) is 19.5 Å². The monoisotopic (exact) mass is 333 g/mol. The van der Waals surface area contributed by atoms with Crippen molar-refractivity contribution >= 4 is 17.2 Å². The minimum Gasteiger partial charge on any atom is -0.388 e. The first-order chi connectivity index (χ1) is 11.1. The van der Waals surface area contributed by atoms with Gasteiger partial charge in [-0.15, -0.1) is 11.3 Å². The number of aliphatic hydroxyl groups is 1. The highest BCUT2D eigenvalue weighted by molar-refractivity contribution is 7.10. The molecule has 1 aromatic heterocycles. The number of carbonyl (C=O) groups is 1. The van der Waals surface area contributed by atoms with Gasteiger partial charge >= 0.3 is 0 Å². The molecule has 1 aliphatic heterocycles. The number of carbonyl (C=O) groups excluding carboxylic acids is 1. The Morgan fingerprint density at radius 1 is 1.26 bits per heavy atom. The van der Waals surface area contributed by atoms with Gasteiger partial charge in [0.15, 0.2) is 0 Å². The van der Waals surface area contributed by atoms with Crippen LogP contribution in [0.2, 0.25) is 0 Å². The lowest BCUT2D eigenvalue weighted by atomic mass is 9.87. The van der Waals surface area contributed by atoms with E-state index in [1.165, 1.54) is 12.1 Å². The van der Waals surface area contributed by atoms with Crippen molar-refractivity contribution in [2.45, 2.75) is 25.4 Å². The van der Waals surface area contributed by atoms with E-state index in [-0.39, 0.29) is 17.6 Å². The summed E-state index contributed by atoms with van der Waals surface area (Å²) in [6.45, 7) is 1.35. The second kappa shape index (κ2) is 7.23. The fourth-order valence-corrected chi connectivity index (χ4v) is 3.77. The lowest BCUT2D eigenvalue weighted by molar-refractivity contribution is -0.132. The third kappa shape index (κ3) is 3.98. The van der Waals surface area contributed by atoms with E-state index in [2.05, 4.69) is 0 Å². The number of likely N-dealkylation sites (tertiary alicyclic amines) is 1. The zero-order valence-electron chi connectivity index (χ0n) is 12.8. The Balaban J connectivity index is 1.53. The first kappa shape index (κ1) is 16.1. The number of hydrogen-bond acceptors (Lipinski definition) is 3. The highest BCUT2D eigenvalue weighted by Crippen LogP contribution is 2.31. The minimum atomic E-state index is -0.592. The maximum absolute atomic E-state index is 13.0. The highest BCUT2D eigenvalue weighted by atomic mass is 32.1. The molecule has 0 saturated carbocycles. The molecular formula is C18H20FNO2S. The van der Waals surface area contributed by atoms with E-state index in [4.69, 9.17) is 0 Å². The fourth-order valence-electron chi connectivity index (χ4n) is 3.07. The molecule has 1 fully saturated rings. The summed E-state index contributed by atoms with van der Waals surface area (Å²) in [6.07, 6.45) is 1.41. The second-order valence-corrected chi connectivity index (χ2v) is 7.00. The van der Waals surface area contributed by atoms with Crippen molar-refractivity contribution in [2.24, 2.45) is 5.92 Å². The van der Waals surface area contributed by atoms with Gasteiger partial charge in [0.2, 0.25) is 5.91 Å². The molecule has 0 radical (unpaired) electrons. The van der Waals surface area contributed by atoms with Crippen LogP contribution in [0.25, 0.3) is 0 Å². The summed E-state index contributed by atoms with van der Waals surface area (Å²) in [5, 5.41) is 12.4. The third-order valence-electron chi connectivity index (χ3n) is 4.46. The maximum atomic E-state index is 13.0. The molecule has 0 bridgehead atoms. The van der Waals surface area contributed by atoms with Gasteiger partial charge in [0.05, 0.1) is 12.5 Å². The van der Waals surface area contributed by atoms with Crippen molar-refractivity contribution < 1.29 is 14.3 Å². The summed E-state index contributed by atoms with van der Waals surface area (Å²) in [5.41, 5.74) is 0.745. The number of halogens is 1. The van der Waals surface area contributed by atoms with Crippen LogP contribution >= 0.6 is 11.3 Å². The second-order valence-electron chi connectivity index (χ2n) is 5.97. The van der Waals surface area contributed by atoms with Crippen molar-refractivity contribution in [3.63, 3.8) is 0 Å². The van der Waals surface area contributed by atoms with Gasteiger partial charge in [0.25, 0.3) is 0 Å². The zero-order chi connectivity index (χ0) is 16.2. The molecule has 3 nitrogen and oxygen atoms in total. The summed E-state index contributed by atoms with van der Waals surface area (Å²) in [7, 11) is 0. The van der Waals surface area contributed by atoms with E-state index in [1.54, 1.807) is 23.5 Å². The SMILES string of the molecule is O=C(Cc1cccs1)N1CCC(C(O)c2ccc(F)cc2)CC1. The van der Waals surface area contributed by atoms with Gasteiger partial charge in [-0.2, -0.15) is 0 Å². The van der Waals surface area contributed by atoms with Crippen LogP contribution < -0.4 is 0 Å². The minimum absolute atomic E-state index is 0.117. The number of nitrogens with zero attached hydrogens (tertiary/aromatic N) is 1. The van der Waals surface area contributed by atoms with Gasteiger partial charge < -0.3 is 10.0 Å². The van der Waals surface area contributed by atoms with Crippen LogP contribution in [-0.4, -0.2) is 29.0 Å². The van der Waals surface area contributed by atoms with E-state index in [0.717, 1.165) is 23.3 Å². The molecule has 122 valence electrons. The molecule has 1 aromatic carbocycles. The topological polar surface area (TPSA) is 40.5 Å². The van der Waals surface area contributed by atoms with Crippen LogP contribution in [0.4, 0.5) is 4.39 Å². The molecule has 0 spiro atoms. The molecule has 1 saturated heterocycles. The highest BCUT2D eigenvalue weighted by Gasteiger charge is 2.28. The zero-order valence-corrected chi connectivity index (χ0v) is 13.6. The van der Waals surface area contributed by atoms with E-state index in [9.17, 15) is 14.3 Å². The summed E-state index contributed by atoms with van der Waals surface area (Å²) < 4.78 is 13.0. The first-order valence-electron chi connectivity index (χ1n) is 7.87. The van der Waals surface area contributed by atoms with Gasteiger partial charge in [-0.05, 0) is 47.9 Å². The maximum Gasteiger partial charge on any atom is 0.227 e. The molecule has 2 heterocycles. The lowest BCUT2D eigenvalue weighted by Crippen LogP contribution is -2.40. The molecule has 1 atom stereocenters. The Morgan fingerprint density at radius 2 is 1.96 bits per heavy atom. The Bertz CT molecular complexity index is 634. The summed E-state index contributed by atoms with van der Waals surface area (Å²) in [6, 6.07) is 9.95. The molecule has 1 N–H and O–H groups in total. The molecule has 1 unspecified atom stereocenters. The van der Waals surface area contributed by atoms with Crippen LogP contribution in [0, 0.1) is 11.7 Å². The molecular weight excluding hydrogens is 313 g/mol. The number of hydrogen-bond donors (Lipinski definition) is 1. The van der Waals surface area contributed by atoms with E-state index >= 15 is 0 Å². The number of rotatable bonds is 4. The number of thiophene rings is 1. The van der Waals surface area contributed by atoms with Gasteiger partial charge in [0.1, 0.15) is 5.82 Å². The lowest BCUT2D eigenvalue weighted by Gasteiger charge is -2.34. The van der Waals surface area contributed by atoms with Gasteiger partial charge in [0, 0.05) is 18.0 Å². The Labute approximate surface area is 139 Å². The third-order valence-corrected chi connectivity index (χ3v) is 5.33.